The average molecular weight is 411 g/mol. The second-order valence-corrected chi connectivity index (χ2v) is 7.39. The molecule has 1 unspecified atom stereocenters. The van der Waals surface area contributed by atoms with Crippen molar-refractivity contribution in [2.45, 2.75) is 31.8 Å². The van der Waals surface area contributed by atoms with Gasteiger partial charge in [0.2, 0.25) is 17.7 Å². The Kier molecular flexibility index (Phi) is 4.18. The number of fused-ring (bicyclic) bond motifs is 1. The number of hydrazine groups is 1. The molecule has 0 radical (unpaired) electrons. The van der Waals surface area contributed by atoms with Crippen LogP contribution in [0, 0.1) is 0 Å². The first-order valence-corrected chi connectivity index (χ1v) is 8.46. The van der Waals surface area contributed by atoms with Gasteiger partial charge in [-0.15, -0.1) is 0 Å². The van der Waals surface area contributed by atoms with Gasteiger partial charge in [-0.05, 0) is 50.3 Å². The summed E-state index contributed by atoms with van der Waals surface area (Å²) in [6.07, 6.45) is -0.0408. The van der Waals surface area contributed by atoms with E-state index in [1.807, 2.05) is 0 Å². The molecule has 126 valence electrons. The standard InChI is InChI=1S/C15H15BrN4O3S/c1-15(2)13(23)18-14(24)19-11(21)7-10(20(15)19)12(22)17-9-5-3-8(16)4-6-9/h3-6,10H,7H2,1-2H3,(H,17,22)(H,18,23,24). The van der Waals surface area contributed by atoms with Gasteiger partial charge in [0.25, 0.3) is 0 Å². The van der Waals surface area contributed by atoms with Gasteiger partial charge in [-0.25, -0.2) is 5.01 Å². The lowest BCUT2D eigenvalue weighted by atomic mass is 10.00. The molecule has 0 saturated carbocycles. The maximum atomic E-state index is 12.7. The molecule has 2 aliphatic heterocycles. The molecule has 0 aromatic heterocycles. The number of halogens is 1. The van der Waals surface area contributed by atoms with E-state index < -0.39 is 11.6 Å². The Hall–Kier alpha value is -1.84. The van der Waals surface area contributed by atoms with Crippen molar-refractivity contribution in [2.24, 2.45) is 0 Å². The zero-order valence-corrected chi connectivity index (χ0v) is 15.4. The monoisotopic (exact) mass is 410 g/mol. The number of nitrogens with zero attached hydrogens (tertiary/aromatic N) is 2. The number of anilines is 1. The molecule has 24 heavy (non-hydrogen) atoms. The molecule has 2 fully saturated rings. The number of hydrogen-bond acceptors (Lipinski definition) is 5. The SMILES string of the molecule is CC1(C)C(=O)NC(=S)N2C(=O)CC(C(=O)Nc3ccc(Br)cc3)N21. The normalized spacial score (nSPS) is 23.0. The van der Waals surface area contributed by atoms with Gasteiger partial charge in [-0.2, -0.15) is 5.01 Å². The fourth-order valence-electron chi connectivity index (χ4n) is 2.82. The molecule has 9 heteroatoms. The molecule has 3 amide bonds. The summed E-state index contributed by atoms with van der Waals surface area (Å²) < 4.78 is 0.891. The first-order chi connectivity index (χ1) is 11.2. The Balaban J connectivity index is 1.88. The number of benzene rings is 1. The van der Waals surface area contributed by atoms with E-state index in [1.54, 1.807) is 38.1 Å². The Morgan fingerprint density at radius 3 is 2.58 bits per heavy atom. The highest BCUT2D eigenvalue weighted by atomic mass is 79.9. The lowest BCUT2D eigenvalue weighted by Gasteiger charge is -2.45. The highest BCUT2D eigenvalue weighted by molar-refractivity contribution is 9.10. The van der Waals surface area contributed by atoms with E-state index in [9.17, 15) is 14.4 Å². The molecule has 2 saturated heterocycles. The summed E-state index contributed by atoms with van der Waals surface area (Å²) in [6, 6.07) is 6.29. The maximum Gasteiger partial charge on any atom is 0.248 e. The van der Waals surface area contributed by atoms with Gasteiger partial charge in [0.1, 0.15) is 11.6 Å². The van der Waals surface area contributed by atoms with E-state index in [-0.39, 0.29) is 29.3 Å². The van der Waals surface area contributed by atoms with Crippen LogP contribution in [0.25, 0.3) is 0 Å². The molecular formula is C15H15BrN4O3S. The smallest absolute Gasteiger partial charge is 0.248 e. The van der Waals surface area contributed by atoms with Gasteiger partial charge in [0.05, 0.1) is 6.42 Å². The third kappa shape index (κ3) is 2.72. The fourth-order valence-corrected chi connectivity index (χ4v) is 3.37. The van der Waals surface area contributed by atoms with Crippen molar-refractivity contribution in [3.05, 3.63) is 28.7 Å². The van der Waals surface area contributed by atoms with Crippen LogP contribution in [0.4, 0.5) is 5.69 Å². The molecule has 0 bridgehead atoms. The van der Waals surface area contributed by atoms with Gasteiger partial charge < -0.3 is 5.32 Å². The Morgan fingerprint density at radius 1 is 1.33 bits per heavy atom. The van der Waals surface area contributed by atoms with E-state index >= 15 is 0 Å². The highest BCUT2D eigenvalue weighted by Gasteiger charge is 2.56. The van der Waals surface area contributed by atoms with Crippen LogP contribution >= 0.6 is 28.1 Å². The van der Waals surface area contributed by atoms with Crippen LogP contribution in [0.2, 0.25) is 0 Å². The van der Waals surface area contributed by atoms with Crippen LogP contribution in [0.1, 0.15) is 20.3 Å². The van der Waals surface area contributed by atoms with Crippen LogP contribution in [0.5, 0.6) is 0 Å². The molecule has 3 rings (SSSR count). The van der Waals surface area contributed by atoms with Crippen LogP contribution < -0.4 is 10.6 Å². The molecule has 2 N–H and O–H groups in total. The van der Waals surface area contributed by atoms with Crippen molar-refractivity contribution in [3.8, 4) is 0 Å². The summed E-state index contributed by atoms with van der Waals surface area (Å²) in [5.41, 5.74) is -0.466. The van der Waals surface area contributed by atoms with Crippen molar-refractivity contribution >= 4 is 56.7 Å². The van der Waals surface area contributed by atoms with Crippen molar-refractivity contribution < 1.29 is 14.4 Å². The van der Waals surface area contributed by atoms with E-state index in [4.69, 9.17) is 12.2 Å². The summed E-state index contributed by atoms with van der Waals surface area (Å²) in [6.45, 7) is 3.30. The van der Waals surface area contributed by atoms with Crippen molar-refractivity contribution in [3.63, 3.8) is 0 Å². The molecule has 0 aliphatic carbocycles. The number of thiocarbonyl (C=S) groups is 1. The van der Waals surface area contributed by atoms with Crippen molar-refractivity contribution in [1.82, 2.24) is 15.3 Å². The predicted octanol–water partition coefficient (Wildman–Crippen LogP) is 1.40. The van der Waals surface area contributed by atoms with E-state index in [1.165, 1.54) is 10.0 Å². The van der Waals surface area contributed by atoms with Crippen molar-refractivity contribution in [2.75, 3.05) is 5.32 Å². The summed E-state index contributed by atoms with van der Waals surface area (Å²) in [7, 11) is 0. The third-order valence-corrected chi connectivity index (χ3v) is 4.87. The third-order valence-electron chi connectivity index (χ3n) is 4.07. The van der Waals surface area contributed by atoms with Crippen LogP contribution in [0.15, 0.2) is 28.7 Å². The summed E-state index contributed by atoms with van der Waals surface area (Å²) >= 11 is 8.41. The van der Waals surface area contributed by atoms with E-state index in [2.05, 4.69) is 26.6 Å². The lowest BCUT2D eigenvalue weighted by molar-refractivity contribution is -0.154. The topological polar surface area (TPSA) is 81.8 Å². The van der Waals surface area contributed by atoms with Crippen molar-refractivity contribution in [1.29, 1.82) is 0 Å². The number of rotatable bonds is 2. The van der Waals surface area contributed by atoms with Gasteiger partial charge >= 0.3 is 0 Å². The second kappa shape index (κ2) is 5.91. The number of nitrogens with one attached hydrogen (secondary N) is 2. The number of carbonyl (C=O) groups is 3. The van der Waals surface area contributed by atoms with Crippen LogP contribution in [0.3, 0.4) is 0 Å². The first-order valence-electron chi connectivity index (χ1n) is 7.26. The Bertz CT molecular complexity index is 750. The molecule has 2 heterocycles. The molecule has 0 spiro atoms. The summed E-state index contributed by atoms with van der Waals surface area (Å²) in [5, 5.41) is 7.96. The quantitative estimate of drug-likeness (QED) is 0.720. The maximum absolute atomic E-state index is 12.7. The highest BCUT2D eigenvalue weighted by Crippen LogP contribution is 2.33. The van der Waals surface area contributed by atoms with E-state index in [0.717, 1.165) is 4.47 Å². The Morgan fingerprint density at radius 2 is 1.96 bits per heavy atom. The molecule has 1 aromatic carbocycles. The number of carbonyl (C=O) groups excluding carboxylic acids is 3. The largest absolute Gasteiger partial charge is 0.325 e. The average Bonchev–Trinajstić information content (AvgIpc) is 2.87. The minimum Gasteiger partial charge on any atom is -0.325 e. The van der Waals surface area contributed by atoms with Gasteiger partial charge in [0, 0.05) is 10.2 Å². The molecular weight excluding hydrogens is 396 g/mol. The Labute approximate surface area is 152 Å². The van der Waals surface area contributed by atoms with E-state index in [0.29, 0.717) is 5.69 Å². The molecule has 2 aliphatic rings. The molecule has 1 aromatic rings. The summed E-state index contributed by atoms with van der Waals surface area (Å²) in [4.78, 5) is 37.2. The fraction of sp³-hybridized carbons (Fsp3) is 0.333. The zero-order valence-electron chi connectivity index (χ0n) is 13.0. The minimum absolute atomic E-state index is 0.00302. The van der Waals surface area contributed by atoms with Gasteiger partial charge in [-0.3, -0.25) is 19.7 Å². The summed E-state index contributed by atoms with van der Waals surface area (Å²) in [5.74, 6) is -1.03. The van der Waals surface area contributed by atoms with Gasteiger partial charge in [-0.1, -0.05) is 15.9 Å². The van der Waals surface area contributed by atoms with Crippen LogP contribution in [-0.2, 0) is 14.4 Å². The van der Waals surface area contributed by atoms with Crippen LogP contribution in [-0.4, -0.2) is 44.4 Å². The number of amides is 3. The minimum atomic E-state index is -1.07. The molecule has 1 atom stereocenters. The number of hydrogen-bond donors (Lipinski definition) is 2. The predicted molar refractivity (Wildman–Crippen MR) is 94.7 cm³/mol. The zero-order chi connectivity index (χ0) is 17.6. The second-order valence-electron chi connectivity index (χ2n) is 6.08. The first kappa shape index (κ1) is 17.0. The molecule has 7 nitrogen and oxygen atoms in total. The van der Waals surface area contributed by atoms with Gasteiger partial charge in [0.15, 0.2) is 5.11 Å². The lowest BCUT2D eigenvalue weighted by Crippen LogP contribution is -2.71.